The molecule has 7 nitrogen and oxygen atoms in total. The molecule has 0 fully saturated rings. The summed E-state index contributed by atoms with van der Waals surface area (Å²) >= 11 is 0. The van der Waals surface area contributed by atoms with Crippen molar-refractivity contribution in [2.24, 2.45) is 0 Å². The van der Waals surface area contributed by atoms with Crippen LogP contribution in [-0.4, -0.2) is 35.4 Å². The Kier molecular flexibility index (Phi) is 5.79. The summed E-state index contributed by atoms with van der Waals surface area (Å²) in [4.78, 5) is 4.73. The molecular weight excluding hydrogens is 374 g/mol. The Morgan fingerprint density at radius 2 is 1.83 bits per heavy atom. The first-order chi connectivity index (χ1) is 14.7. The molecule has 0 amide bonds. The molecule has 0 aliphatic heterocycles. The summed E-state index contributed by atoms with van der Waals surface area (Å²) in [5.74, 6) is 2.79. The van der Waals surface area contributed by atoms with Gasteiger partial charge < -0.3 is 0 Å². The Morgan fingerprint density at radius 3 is 2.50 bits per heavy atom. The molecule has 0 aliphatic carbocycles. The SMILES string of the molecule is C=CCCc1nc(C(C)C)nn1Cc1ccc(-c2ccccc2-c2nn[nH]n2)cc1. The van der Waals surface area contributed by atoms with Gasteiger partial charge in [0.15, 0.2) is 5.82 Å². The fraction of sp³-hybridized carbons (Fsp3) is 0.261. The van der Waals surface area contributed by atoms with Crippen LogP contribution in [0.2, 0.25) is 0 Å². The van der Waals surface area contributed by atoms with Gasteiger partial charge in [0.05, 0.1) is 6.54 Å². The molecule has 152 valence electrons. The van der Waals surface area contributed by atoms with Crippen molar-refractivity contribution in [1.29, 1.82) is 0 Å². The zero-order valence-electron chi connectivity index (χ0n) is 17.3. The molecule has 0 spiro atoms. The summed E-state index contributed by atoms with van der Waals surface area (Å²) in [7, 11) is 0. The highest BCUT2D eigenvalue weighted by molar-refractivity contribution is 5.80. The maximum absolute atomic E-state index is 4.73. The second-order valence-electron chi connectivity index (χ2n) is 7.50. The van der Waals surface area contributed by atoms with Gasteiger partial charge in [-0.2, -0.15) is 10.3 Å². The quantitative estimate of drug-likeness (QED) is 0.444. The standard InChI is InChI=1S/C23H25N7/c1-4-5-10-21-24-22(16(2)3)27-30(21)15-17-11-13-18(14-12-17)19-8-6-7-9-20(19)23-25-28-29-26-23/h4,6-9,11-14,16H,1,5,10,15H2,2-3H3,(H,25,26,28,29). The van der Waals surface area contributed by atoms with E-state index in [1.807, 2.05) is 29.0 Å². The Labute approximate surface area is 175 Å². The molecule has 7 heteroatoms. The van der Waals surface area contributed by atoms with E-state index >= 15 is 0 Å². The summed E-state index contributed by atoms with van der Waals surface area (Å²) in [5.41, 5.74) is 4.30. The van der Waals surface area contributed by atoms with Crippen molar-refractivity contribution < 1.29 is 0 Å². The second kappa shape index (κ2) is 8.82. The smallest absolute Gasteiger partial charge is 0.205 e. The molecule has 1 N–H and O–H groups in total. The predicted molar refractivity (Wildman–Crippen MR) is 117 cm³/mol. The van der Waals surface area contributed by atoms with Crippen molar-refractivity contribution in [2.75, 3.05) is 0 Å². The van der Waals surface area contributed by atoms with Crippen LogP contribution in [0.3, 0.4) is 0 Å². The summed E-state index contributed by atoms with van der Waals surface area (Å²) in [6.45, 7) is 8.75. The number of nitrogens with one attached hydrogen (secondary N) is 1. The number of tetrazole rings is 1. The van der Waals surface area contributed by atoms with Gasteiger partial charge in [-0.05, 0) is 28.3 Å². The van der Waals surface area contributed by atoms with E-state index in [-0.39, 0.29) is 0 Å². The lowest BCUT2D eigenvalue weighted by atomic mass is 9.98. The van der Waals surface area contributed by atoms with Gasteiger partial charge in [0.25, 0.3) is 0 Å². The Hall–Kier alpha value is -3.61. The van der Waals surface area contributed by atoms with Crippen molar-refractivity contribution in [1.82, 2.24) is 35.4 Å². The summed E-state index contributed by atoms with van der Waals surface area (Å²) in [6.07, 6.45) is 3.66. The van der Waals surface area contributed by atoms with Crippen LogP contribution in [-0.2, 0) is 13.0 Å². The van der Waals surface area contributed by atoms with Gasteiger partial charge in [-0.3, -0.25) is 0 Å². The van der Waals surface area contributed by atoms with Gasteiger partial charge in [0, 0.05) is 17.9 Å². The van der Waals surface area contributed by atoms with Crippen molar-refractivity contribution in [3.63, 3.8) is 0 Å². The molecule has 30 heavy (non-hydrogen) atoms. The number of nitrogens with zero attached hydrogens (tertiary/aromatic N) is 6. The lowest BCUT2D eigenvalue weighted by Gasteiger charge is -2.09. The first-order valence-corrected chi connectivity index (χ1v) is 10.1. The van der Waals surface area contributed by atoms with Crippen LogP contribution in [0.1, 0.15) is 43.4 Å². The number of allylic oxidation sites excluding steroid dienone is 1. The number of aryl methyl sites for hydroxylation is 1. The van der Waals surface area contributed by atoms with Gasteiger partial charge in [0.2, 0.25) is 5.82 Å². The maximum Gasteiger partial charge on any atom is 0.205 e. The number of aromatic nitrogens is 7. The van der Waals surface area contributed by atoms with E-state index in [1.54, 1.807) is 0 Å². The molecule has 0 saturated heterocycles. The van der Waals surface area contributed by atoms with E-state index in [4.69, 9.17) is 10.1 Å². The number of hydrogen-bond acceptors (Lipinski definition) is 5. The third-order valence-corrected chi connectivity index (χ3v) is 4.96. The van der Waals surface area contributed by atoms with Crippen LogP contribution in [0.25, 0.3) is 22.5 Å². The van der Waals surface area contributed by atoms with Gasteiger partial charge >= 0.3 is 0 Å². The first-order valence-electron chi connectivity index (χ1n) is 10.1. The summed E-state index contributed by atoms with van der Waals surface area (Å²) in [5, 5.41) is 19.2. The fourth-order valence-corrected chi connectivity index (χ4v) is 3.35. The molecule has 2 aromatic carbocycles. The topological polar surface area (TPSA) is 85.2 Å². The molecule has 0 unspecified atom stereocenters. The van der Waals surface area contributed by atoms with Crippen LogP contribution in [0.4, 0.5) is 0 Å². The van der Waals surface area contributed by atoms with Gasteiger partial charge in [-0.1, -0.05) is 68.5 Å². The first kappa shape index (κ1) is 19.7. The molecule has 0 saturated carbocycles. The summed E-state index contributed by atoms with van der Waals surface area (Å²) in [6, 6.07) is 16.6. The highest BCUT2D eigenvalue weighted by Crippen LogP contribution is 2.29. The van der Waals surface area contributed by atoms with Crippen molar-refractivity contribution in [3.8, 4) is 22.5 Å². The van der Waals surface area contributed by atoms with Crippen LogP contribution >= 0.6 is 0 Å². The molecule has 4 aromatic rings. The van der Waals surface area contributed by atoms with E-state index in [0.29, 0.717) is 18.3 Å². The Balaban J connectivity index is 1.59. The van der Waals surface area contributed by atoms with Crippen LogP contribution < -0.4 is 0 Å². The maximum atomic E-state index is 4.73. The third-order valence-electron chi connectivity index (χ3n) is 4.96. The largest absolute Gasteiger partial charge is 0.245 e. The number of hydrogen-bond donors (Lipinski definition) is 1. The zero-order valence-corrected chi connectivity index (χ0v) is 17.3. The predicted octanol–water partition coefficient (Wildman–Crippen LogP) is 4.42. The normalized spacial score (nSPS) is 11.2. The number of aromatic amines is 1. The molecule has 4 rings (SSSR count). The van der Waals surface area contributed by atoms with E-state index < -0.39 is 0 Å². The zero-order chi connectivity index (χ0) is 20.9. The number of H-pyrrole nitrogens is 1. The fourth-order valence-electron chi connectivity index (χ4n) is 3.35. The minimum Gasteiger partial charge on any atom is -0.245 e. The van der Waals surface area contributed by atoms with Crippen LogP contribution in [0.15, 0.2) is 61.2 Å². The average molecular weight is 400 g/mol. The van der Waals surface area contributed by atoms with Crippen molar-refractivity contribution >= 4 is 0 Å². The van der Waals surface area contributed by atoms with Crippen molar-refractivity contribution in [3.05, 3.63) is 78.4 Å². The van der Waals surface area contributed by atoms with E-state index in [2.05, 4.69) is 71.4 Å². The number of benzene rings is 2. The Morgan fingerprint density at radius 1 is 1.07 bits per heavy atom. The molecule has 0 bridgehead atoms. The molecule has 0 atom stereocenters. The van der Waals surface area contributed by atoms with Gasteiger partial charge in [-0.25, -0.2) is 9.67 Å². The second-order valence-corrected chi connectivity index (χ2v) is 7.50. The van der Waals surface area contributed by atoms with Crippen LogP contribution in [0, 0.1) is 0 Å². The van der Waals surface area contributed by atoms with E-state index in [0.717, 1.165) is 41.2 Å². The van der Waals surface area contributed by atoms with Crippen LogP contribution in [0.5, 0.6) is 0 Å². The van der Waals surface area contributed by atoms with E-state index in [1.165, 1.54) is 5.56 Å². The monoisotopic (exact) mass is 399 g/mol. The highest BCUT2D eigenvalue weighted by atomic mass is 15.5. The average Bonchev–Trinajstić information content (AvgIpc) is 3.43. The lowest BCUT2D eigenvalue weighted by molar-refractivity contribution is 0.623. The minimum atomic E-state index is 0.303. The van der Waals surface area contributed by atoms with Crippen molar-refractivity contribution in [2.45, 2.75) is 39.2 Å². The molecule has 2 aromatic heterocycles. The number of rotatable bonds is 8. The molecule has 0 aliphatic rings. The third kappa shape index (κ3) is 4.20. The van der Waals surface area contributed by atoms with Gasteiger partial charge in [-0.15, -0.1) is 16.8 Å². The minimum absolute atomic E-state index is 0.303. The van der Waals surface area contributed by atoms with E-state index in [9.17, 15) is 0 Å². The molecular formula is C23H25N7. The molecule has 0 radical (unpaired) electrons. The molecule has 2 heterocycles. The summed E-state index contributed by atoms with van der Waals surface area (Å²) < 4.78 is 2.01. The highest BCUT2D eigenvalue weighted by Gasteiger charge is 2.13. The lowest BCUT2D eigenvalue weighted by Crippen LogP contribution is -2.07. The van der Waals surface area contributed by atoms with Gasteiger partial charge in [0.1, 0.15) is 5.82 Å². The Bertz CT molecular complexity index is 1110.